The second-order valence-electron chi connectivity index (χ2n) is 10.4. The minimum absolute atomic E-state index is 0.481. The quantitative estimate of drug-likeness (QED) is 0.308. The number of ether oxygens (including phenoxy) is 1. The summed E-state index contributed by atoms with van der Waals surface area (Å²) in [5.74, 6) is 1.47. The van der Waals surface area contributed by atoms with E-state index in [1.165, 1.54) is 27.8 Å². The molecule has 188 valence electrons. The molecular weight excluding hydrogens is 454 g/mol. The molecule has 35 heavy (non-hydrogen) atoms. The summed E-state index contributed by atoms with van der Waals surface area (Å²) in [7, 11) is 1.86. The minimum Gasteiger partial charge on any atom is -0.359 e. The normalized spacial score (nSPS) is 18.3. The molecule has 0 aliphatic carbocycles. The Balaban J connectivity index is 1.82. The van der Waals surface area contributed by atoms with E-state index in [2.05, 4.69) is 86.6 Å². The summed E-state index contributed by atoms with van der Waals surface area (Å²) < 4.78 is 8.82. The molecule has 1 atom stereocenters. The number of nitrogens with zero attached hydrogens (tertiary/aromatic N) is 3. The molecule has 0 radical (unpaired) electrons. The van der Waals surface area contributed by atoms with Gasteiger partial charge in [-0.3, -0.25) is 4.90 Å². The fraction of sp³-hybridized carbons (Fsp3) is 0.500. The van der Waals surface area contributed by atoms with Crippen molar-refractivity contribution in [2.75, 3.05) is 13.7 Å². The number of rotatable bonds is 9. The number of benzene rings is 2. The lowest BCUT2D eigenvalue weighted by Gasteiger charge is -2.48. The smallest absolute Gasteiger partial charge is 0.152 e. The highest BCUT2D eigenvalue weighted by Gasteiger charge is 2.44. The van der Waals surface area contributed by atoms with E-state index in [1.807, 2.05) is 7.11 Å². The molecule has 0 saturated carbocycles. The van der Waals surface area contributed by atoms with Crippen molar-refractivity contribution in [3.63, 3.8) is 0 Å². The second-order valence-corrected chi connectivity index (χ2v) is 10.7. The fourth-order valence-corrected chi connectivity index (χ4v) is 5.99. The van der Waals surface area contributed by atoms with Crippen LogP contribution in [0.1, 0.15) is 68.0 Å². The molecule has 3 aromatic rings. The Labute approximate surface area is 216 Å². The topological polar surface area (TPSA) is 30.3 Å². The molecule has 0 spiro atoms. The maximum absolute atomic E-state index is 6.95. The van der Waals surface area contributed by atoms with E-state index < -0.39 is 5.72 Å². The standard InChI is InChI=1S/C30H40ClN3O/c1-7-8-17-34-26(28(31)32-29(34)27-22(4)12-11-13-23(27)5)20-33-18-16-24-14-9-10-15-25(24)30(33,35-6)19-21(2)3/h9-15,21H,7-8,16-20H2,1-6H3. The Kier molecular flexibility index (Phi) is 8.05. The van der Waals surface area contributed by atoms with Crippen LogP contribution in [-0.2, 0) is 30.0 Å². The van der Waals surface area contributed by atoms with Crippen LogP contribution in [0.4, 0.5) is 0 Å². The molecule has 1 unspecified atom stereocenters. The van der Waals surface area contributed by atoms with Crippen molar-refractivity contribution in [2.45, 2.75) is 79.1 Å². The van der Waals surface area contributed by atoms with Gasteiger partial charge in [0.25, 0.3) is 0 Å². The highest BCUT2D eigenvalue weighted by molar-refractivity contribution is 6.30. The highest BCUT2D eigenvalue weighted by atomic mass is 35.5. The van der Waals surface area contributed by atoms with E-state index in [-0.39, 0.29) is 0 Å². The lowest BCUT2D eigenvalue weighted by molar-refractivity contribution is -0.167. The molecular formula is C30H40ClN3O. The van der Waals surface area contributed by atoms with Crippen molar-refractivity contribution in [2.24, 2.45) is 5.92 Å². The number of unbranched alkanes of at least 4 members (excludes halogenated alkanes) is 1. The average Bonchev–Trinajstić information content (AvgIpc) is 3.13. The molecule has 0 amide bonds. The van der Waals surface area contributed by atoms with Crippen LogP contribution in [0, 0.1) is 19.8 Å². The van der Waals surface area contributed by atoms with Crippen molar-refractivity contribution >= 4 is 11.6 Å². The summed E-state index contributed by atoms with van der Waals surface area (Å²) in [5, 5.41) is 0.604. The molecule has 0 fully saturated rings. The third-order valence-corrected chi connectivity index (χ3v) is 7.73. The van der Waals surface area contributed by atoms with E-state index in [0.717, 1.165) is 50.3 Å². The Hall–Kier alpha value is -2.14. The Morgan fingerprint density at radius 3 is 2.46 bits per heavy atom. The molecule has 2 heterocycles. The largest absolute Gasteiger partial charge is 0.359 e. The number of aryl methyl sites for hydroxylation is 2. The lowest BCUT2D eigenvalue weighted by atomic mass is 9.84. The van der Waals surface area contributed by atoms with Crippen molar-refractivity contribution in [3.05, 3.63) is 75.6 Å². The molecule has 4 rings (SSSR count). The summed E-state index contributed by atoms with van der Waals surface area (Å²) in [5.41, 5.74) is 6.93. The van der Waals surface area contributed by atoms with Gasteiger partial charge in [0.05, 0.1) is 5.69 Å². The van der Waals surface area contributed by atoms with Crippen LogP contribution in [0.2, 0.25) is 5.15 Å². The Bertz CT molecular complexity index is 1150. The first-order chi connectivity index (χ1) is 16.8. The van der Waals surface area contributed by atoms with Gasteiger partial charge in [-0.15, -0.1) is 0 Å². The predicted molar refractivity (Wildman–Crippen MR) is 146 cm³/mol. The third-order valence-electron chi connectivity index (χ3n) is 7.43. The summed E-state index contributed by atoms with van der Waals surface area (Å²) in [6, 6.07) is 15.2. The second kappa shape index (κ2) is 10.9. The van der Waals surface area contributed by atoms with Crippen LogP contribution in [0.15, 0.2) is 42.5 Å². The molecule has 4 nitrogen and oxygen atoms in total. The van der Waals surface area contributed by atoms with Gasteiger partial charge in [-0.2, -0.15) is 0 Å². The first-order valence-corrected chi connectivity index (χ1v) is 13.4. The monoisotopic (exact) mass is 493 g/mol. The van der Waals surface area contributed by atoms with Gasteiger partial charge in [0.1, 0.15) is 11.5 Å². The van der Waals surface area contributed by atoms with Gasteiger partial charge in [-0.25, -0.2) is 4.98 Å². The predicted octanol–water partition coefficient (Wildman–Crippen LogP) is 7.52. The first-order valence-electron chi connectivity index (χ1n) is 13.0. The molecule has 1 aliphatic rings. The maximum Gasteiger partial charge on any atom is 0.152 e. The zero-order valence-corrected chi connectivity index (χ0v) is 23.0. The van der Waals surface area contributed by atoms with E-state index in [9.17, 15) is 0 Å². The third kappa shape index (κ3) is 4.94. The van der Waals surface area contributed by atoms with Crippen LogP contribution in [0.5, 0.6) is 0 Å². The van der Waals surface area contributed by atoms with Gasteiger partial charge in [-0.1, -0.05) is 81.3 Å². The van der Waals surface area contributed by atoms with Crippen LogP contribution in [-0.4, -0.2) is 28.1 Å². The zero-order chi connectivity index (χ0) is 25.2. The Morgan fingerprint density at radius 2 is 1.80 bits per heavy atom. The number of imidazole rings is 1. The van der Waals surface area contributed by atoms with E-state index in [4.69, 9.17) is 21.3 Å². The molecule has 0 bridgehead atoms. The number of methoxy groups -OCH3 is 1. The van der Waals surface area contributed by atoms with Gasteiger partial charge < -0.3 is 9.30 Å². The summed E-state index contributed by atoms with van der Waals surface area (Å²) in [6.07, 6.45) is 4.13. The van der Waals surface area contributed by atoms with Crippen molar-refractivity contribution in [1.82, 2.24) is 14.5 Å². The summed E-state index contributed by atoms with van der Waals surface area (Å²) >= 11 is 6.95. The van der Waals surface area contributed by atoms with Crippen LogP contribution in [0.3, 0.4) is 0 Å². The van der Waals surface area contributed by atoms with Crippen molar-refractivity contribution in [3.8, 4) is 11.4 Å². The molecule has 0 N–H and O–H groups in total. The van der Waals surface area contributed by atoms with Crippen molar-refractivity contribution in [1.29, 1.82) is 0 Å². The van der Waals surface area contributed by atoms with Gasteiger partial charge in [0.15, 0.2) is 5.15 Å². The van der Waals surface area contributed by atoms with Gasteiger partial charge >= 0.3 is 0 Å². The van der Waals surface area contributed by atoms with Crippen LogP contribution < -0.4 is 0 Å². The lowest BCUT2D eigenvalue weighted by Crippen LogP contribution is -2.52. The SMILES string of the molecule is CCCCn1c(-c2c(C)cccc2C)nc(Cl)c1CN1CCc2ccccc2C1(CC(C)C)OC. The molecule has 1 aliphatic heterocycles. The average molecular weight is 494 g/mol. The molecule has 5 heteroatoms. The number of hydrogen-bond acceptors (Lipinski definition) is 3. The summed E-state index contributed by atoms with van der Waals surface area (Å²) in [4.78, 5) is 7.46. The fourth-order valence-electron chi connectivity index (χ4n) is 5.75. The van der Waals surface area contributed by atoms with E-state index >= 15 is 0 Å². The maximum atomic E-state index is 6.95. The zero-order valence-electron chi connectivity index (χ0n) is 22.2. The van der Waals surface area contributed by atoms with E-state index in [1.54, 1.807) is 0 Å². The summed E-state index contributed by atoms with van der Waals surface area (Å²) in [6.45, 7) is 13.6. The minimum atomic E-state index is -0.481. The molecule has 1 aromatic heterocycles. The van der Waals surface area contributed by atoms with Crippen LogP contribution in [0.25, 0.3) is 11.4 Å². The molecule has 2 aromatic carbocycles. The number of halogens is 1. The number of aromatic nitrogens is 2. The van der Waals surface area contributed by atoms with Gasteiger partial charge in [-0.05, 0) is 55.7 Å². The van der Waals surface area contributed by atoms with Gasteiger partial charge in [0.2, 0.25) is 0 Å². The number of fused-ring (bicyclic) bond motifs is 1. The van der Waals surface area contributed by atoms with Crippen LogP contribution >= 0.6 is 11.6 Å². The van der Waals surface area contributed by atoms with Gasteiger partial charge in [0, 0.05) is 37.9 Å². The first kappa shape index (κ1) is 25.9. The highest BCUT2D eigenvalue weighted by Crippen LogP contribution is 2.43. The number of hydrogen-bond donors (Lipinski definition) is 0. The van der Waals surface area contributed by atoms with Crippen molar-refractivity contribution < 1.29 is 4.74 Å². The molecule has 0 saturated heterocycles. The Morgan fingerprint density at radius 1 is 1.09 bits per heavy atom. The van der Waals surface area contributed by atoms with E-state index in [0.29, 0.717) is 17.6 Å².